The van der Waals surface area contributed by atoms with Crippen molar-refractivity contribution in [2.45, 2.75) is 75.5 Å². The number of primary amides is 2. The fraction of sp³-hybridized carbons (Fsp3) is 0.667. The highest BCUT2D eigenvalue weighted by molar-refractivity contribution is 5.94. The Kier molecular flexibility index (Phi) is 13.4. The lowest BCUT2D eigenvalue weighted by atomic mass is 10.1. The third-order valence-electron chi connectivity index (χ3n) is 5.56. The molecule has 16 heteroatoms. The molecule has 0 bridgehead atoms. The van der Waals surface area contributed by atoms with E-state index in [0.29, 0.717) is 19.4 Å². The van der Waals surface area contributed by atoms with Gasteiger partial charge in [0.1, 0.15) is 18.1 Å². The van der Waals surface area contributed by atoms with Crippen LogP contribution in [0.2, 0.25) is 0 Å². The number of carbonyl (C=O) groups excluding carboxylic acids is 5. The van der Waals surface area contributed by atoms with E-state index >= 15 is 0 Å². The zero-order valence-electron chi connectivity index (χ0n) is 20.5. The van der Waals surface area contributed by atoms with Crippen molar-refractivity contribution < 1.29 is 33.9 Å². The highest BCUT2D eigenvalue weighted by atomic mass is 16.4. The molecule has 0 aromatic heterocycles. The zero-order valence-corrected chi connectivity index (χ0v) is 20.5. The van der Waals surface area contributed by atoms with Crippen LogP contribution < -0.4 is 44.2 Å². The molecule has 1 rings (SSSR count). The maximum Gasteiger partial charge on any atom is 0.326 e. The van der Waals surface area contributed by atoms with E-state index in [2.05, 4.69) is 26.3 Å². The van der Waals surface area contributed by atoms with E-state index in [-0.39, 0.29) is 44.6 Å². The third-order valence-corrected chi connectivity index (χ3v) is 5.56. The molecule has 0 aromatic rings. The van der Waals surface area contributed by atoms with Gasteiger partial charge in [-0.05, 0) is 45.1 Å². The van der Waals surface area contributed by atoms with Gasteiger partial charge in [0.05, 0.1) is 6.04 Å². The molecule has 4 unspecified atom stereocenters. The molecule has 0 aliphatic carbocycles. The van der Waals surface area contributed by atoms with Gasteiger partial charge in [0.2, 0.25) is 29.5 Å². The van der Waals surface area contributed by atoms with E-state index in [4.69, 9.17) is 22.9 Å². The predicted octanol–water partition coefficient (Wildman–Crippen LogP) is -4.14. The first-order valence-electron chi connectivity index (χ1n) is 11.9. The molecule has 16 nitrogen and oxygen atoms in total. The number of hydrogen-bond acceptors (Lipinski definition) is 8. The first-order chi connectivity index (χ1) is 17.4. The third kappa shape index (κ3) is 12.5. The summed E-state index contributed by atoms with van der Waals surface area (Å²) < 4.78 is 0. The Morgan fingerprint density at radius 2 is 1.38 bits per heavy atom. The first-order valence-corrected chi connectivity index (χ1v) is 11.9. The van der Waals surface area contributed by atoms with E-state index in [9.17, 15) is 33.9 Å². The molecule has 5 amide bonds. The Hall–Kier alpha value is -3.95. The molecule has 0 spiro atoms. The molecule has 0 radical (unpaired) electrons. The summed E-state index contributed by atoms with van der Waals surface area (Å²) in [6.07, 6.45) is 0.759. The van der Waals surface area contributed by atoms with Crippen LogP contribution in [0.3, 0.4) is 0 Å². The molecular formula is C21H37N9O7. The fourth-order valence-corrected chi connectivity index (χ4v) is 3.60. The van der Waals surface area contributed by atoms with E-state index in [0.717, 1.165) is 6.42 Å². The second kappa shape index (κ2) is 15.9. The summed E-state index contributed by atoms with van der Waals surface area (Å²) in [5.41, 5.74) is 20.8. The maximum atomic E-state index is 13.1. The number of nitrogens with zero attached hydrogens (tertiary/aromatic N) is 1. The number of hydrogen-bond donors (Lipinski definition) is 9. The van der Waals surface area contributed by atoms with Crippen molar-refractivity contribution in [2.24, 2.45) is 27.9 Å². The molecule has 1 heterocycles. The van der Waals surface area contributed by atoms with Gasteiger partial charge in [-0.1, -0.05) is 0 Å². The summed E-state index contributed by atoms with van der Waals surface area (Å²) in [6.45, 7) is 0.852. The molecule has 1 aliphatic rings. The monoisotopic (exact) mass is 527 g/mol. The van der Waals surface area contributed by atoms with Crippen molar-refractivity contribution in [2.75, 3.05) is 13.1 Å². The van der Waals surface area contributed by atoms with Gasteiger partial charge < -0.3 is 49.3 Å². The molecule has 4 atom stereocenters. The second-order valence-corrected chi connectivity index (χ2v) is 8.63. The normalized spacial score (nSPS) is 17.0. The molecule has 1 fully saturated rings. The molecule has 37 heavy (non-hydrogen) atoms. The van der Waals surface area contributed by atoms with Gasteiger partial charge in [-0.3, -0.25) is 29.0 Å². The van der Waals surface area contributed by atoms with Crippen LogP contribution in [0, 0.1) is 0 Å². The average Bonchev–Trinajstić information content (AvgIpc) is 3.35. The minimum absolute atomic E-state index is 0.127. The number of aliphatic imine (C=N–C) groups is 1. The van der Waals surface area contributed by atoms with Crippen LogP contribution in [0.4, 0.5) is 0 Å². The van der Waals surface area contributed by atoms with Gasteiger partial charge in [0.15, 0.2) is 5.96 Å². The smallest absolute Gasteiger partial charge is 0.326 e. The molecule has 0 aromatic carbocycles. The Morgan fingerprint density at radius 3 is 1.86 bits per heavy atom. The first kappa shape index (κ1) is 31.1. The van der Waals surface area contributed by atoms with Gasteiger partial charge >= 0.3 is 5.97 Å². The van der Waals surface area contributed by atoms with Crippen LogP contribution in [0.25, 0.3) is 0 Å². The van der Waals surface area contributed by atoms with Crippen molar-refractivity contribution in [3.8, 4) is 0 Å². The van der Waals surface area contributed by atoms with Crippen LogP contribution in [0.1, 0.15) is 51.4 Å². The van der Waals surface area contributed by atoms with Crippen molar-refractivity contribution >= 4 is 41.5 Å². The van der Waals surface area contributed by atoms with Crippen molar-refractivity contribution in [1.29, 1.82) is 0 Å². The van der Waals surface area contributed by atoms with Gasteiger partial charge in [0.25, 0.3) is 0 Å². The molecule has 208 valence electrons. The SMILES string of the molecule is NC(=O)CCC(NC(=O)C(CCC(N)=O)NC(=O)C(CCCN=C(N)N)NC(=O)C1CCCN1)C(=O)O. The quantitative estimate of drug-likeness (QED) is 0.0500. The molecular weight excluding hydrogens is 490 g/mol. The summed E-state index contributed by atoms with van der Waals surface area (Å²) >= 11 is 0. The van der Waals surface area contributed by atoms with Crippen LogP contribution in [-0.4, -0.2) is 83.8 Å². The van der Waals surface area contributed by atoms with Crippen LogP contribution in [-0.2, 0) is 28.8 Å². The Labute approximate surface area is 213 Å². The van der Waals surface area contributed by atoms with E-state index in [1.54, 1.807) is 0 Å². The number of nitrogens with one attached hydrogen (secondary N) is 4. The fourth-order valence-electron chi connectivity index (χ4n) is 3.60. The number of carboxylic acid groups (broad SMARTS) is 1. The highest BCUT2D eigenvalue weighted by Crippen LogP contribution is 2.08. The van der Waals surface area contributed by atoms with Gasteiger partial charge in [0, 0.05) is 19.4 Å². The molecule has 13 N–H and O–H groups in total. The Morgan fingerprint density at radius 1 is 0.838 bits per heavy atom. The van der Waals surface area contributed by atoms with E-state index in [1.807, 2.05) is 0 Å². The number of guanidine groups is 1. The van der Waals surface area contributed by atoms with Crippen molar-refractivity contribution in [1.82, 2.24) is 21.3 Å². The zero-order chi connectivity index (χ0) is 28.0. The van der Waals surface area contributed by atoms with Crippen molar-refractivity contribution in [3.05, 3.63) is 0 Å². The van der Waals surface area contributed by atoms with E-state index in [1.165, 1.54) is 0 Å². The Balaban J connectivity index is 2.99. The summed E-state index contributed by atoms with van der Waals surface area (Å²) in [4.78, 5) is 76.2. The molecule has 1 saturated heterocycles. The van der Waals surface area contributed by atoms with Gasteiger partial charge in [-0.15, -0.1) is 0 Å². The number of aliphatic carboxylic acids is 1. The summed E-state index contributed by atoms with van der Waals surface area (Å²) in [5.74, 6) is -5.08. The Bertz CT molecular complexity index is 870. The predicted molar refractivity (Wildman–Crippen MR) is 131 cm³/mol. The maximum absolute atomic E-state index is 13.1. The lowest BCUT2D eigenvalue weighted by Crippen LogP contribution is -2.57. The number of carbonyl (C=O) groups is 6. The number of rotatable bonds is 17. The molecule has 1 aliphatic heterocycles. The van der Waals surface area contributed by atoms with Crippen molar-refractivity contribution in [3.63, 3.8) is 0 Å². The topological polar surface area (TPSA) is 287 Å². The lowest BCUT2D eigenvalue weighted by molar-refractivity contribution is -0.142. The highest BCUT2D eigenvalue weighted by Gasteiger charge is 2.31. The minimum atomic E-state index is -1.46. The molecule has 0 saturated carbocycles. The number of amides is 5. The number of carboxylic acids is 1. The summed E-state index contributed by atoms with van der Waals surface area (Å²) in [7, 11) is 0. The standard InChI is InChI=1S/C21H37N9O7/c22-15(31)7-5-13(19(35)30-14(20(36)37)6-8-16(23)32)29-18(34)12(4-2-10-27-21(24)25)28-17(33)11-3-1-9-26-11/h11-14,26H,1-10H2,(H2,22,31)(H2,23,32)(H,28,33)(H,29,34)(H,30,35)(H,36,37)(H4,24,25,27). The van der Waals surface area contributed by atoms with Crippen LogP contribution in [0.5, 0.6) is 0 Å². The average molecular weight is 528 g/mol. The van der Waals surface area contributed by atoms with Gasteiger partial charge in [-0.2, -0.15) is 0 Å². The van der Waals surface area contributed by atoms with Crippen LogP contribution in [0.15, 0.2) is 4.99 Å². The summed E-state index contributed by atoms with van der Waals surface area (Å²) in [5, 5.41) is 19.7. The largest absolute Gasteiger partial charge is 0.480 e. The lowest BCUT2D eigenvalue weighted by Gasteiger charge is -2.25. The van der Waals surface area contributed by atoms with Gasteiger partial charge in [-0.25, -0.2) is 4.79 Å². The second-order valence-electron chi connectivity index (χ2n) is 8.63. The minimum Gasteiger partial charge on any atom is -0.480 e. The van der Waals surface area contributed by atoms with Crippen LogP contribution >= 0.6 is 0 Å². The van der Waals surface area contributed by atoms with E-state index < -0.39 is 59.7 Å². The number of nitrogens with two attached hydrogens (primary N) is 4. The summed E-state index contributed by atoms with van der Waals surface area (Å²) in [6, 6.07) is -4.35.